The third kappa shape index (κ3) is 6.08. The molecule has 0 saturated heterocycles. The molecule has 0 bridgehead atoms. The topological polar surface area (TPSA) is 52.6 Å². The molecule has 1 amide bonds. The van der Waals surface area contributed by atoms with E-state index in [2.05, 4.69) is 5.32 Å². The fourth-order valence-corrected chi connectivity index (χ4v) is 1.67. The second-order valence-corrected chi connectivity index (χ2v) is 5.36. The highest BCUT2D eigenvalue weighted by molar-refractivity contribution is 5.78. The van der Waals surface area contributed by atoms with E-state index in [9.17, 15) is 9.90 Å². The number of nitrogens with one attached hydrogen (secondary N) is 1. The number of rotatable bonds is 7. The minimum atomic E-state index is -0.743. The summed E-state index contributed by atoms with van der Waals surface area (Å²) in [6.07, 6.45) is 2.50. The maximum absolute atomic E-state index is 11.6. The third-order valence-corrected chi connectivity index (χ3v) is 2.71. The van der Waals surface area contributed by atoms with E-state index >= 15 is 0 Å². The minimum Gasteiger partial charge on any atom is -0.389 e. The molecule has 1 fully saturated rings. The van der Waals surface area contributed by atoms with E-state index in [0.717, 1.165) is 13.1 Å². The molecule has 0 atom stereocenters. The second kappa shape index (κ2) is 5.64. The lowest BCUT2D eigenvalue weighted by Crippen LogP contribution is -2.44. The van der Waals surface area contributed by atoms with Crippen molar-refractivity contribution in [3.8, 4) is 0 Å². The average molecular weight is 228 g/mol. The van der Waals surface area contributed by atoms with Crippen molar-refractivity contribution in [3.63, 3.8) is 0 Å². The molecule has 1 aliphatic rings. The van der Waals surface area contributed by atoms with E-state index < -0.39 is 5.60 Å². The molecule has 2 N–H and O–H groups in total. The van der Waals surface area contributed by atoms with E-state index in [0.29, 0.717) is 19.0 Å². The van der Waals surface area contributed by atoms with Crippen LogP contribution in [-0.4, -0.2) is 47.7 Å². The van der Waals surface area contributed by atoms with Crippen molar-refractivity contribution in [1.29, 1.82) is 0 Å². The van der Waals surface area contributed by atoms with Crippen LogP contribution in [0.15, 0.2) is 0 Å². The summed E-state index contributed by atoms with van der Waals surface area (Å²) in [5.74, 6) is 0.784. The SMILES string of the molecule is CCN(CC(=O)NCC1CC1)CC(C)(C)O. The first-order valence-electron chi connectivity index (χ1n) is 6.12. The lowest BCUT2D eigenvalue weighted by Gasteiger charge is -2.27. The molecule has 0 radical (unpaired) electrons. The Morgan fingerprint density at radius 3 is 2.56 bits per heavy atom. The summed E-state index contributed by atoms with van der Waals surface area (Å²) < 4.78 is 0. The van der Waals surface area contributed by atoms with Crippen molar-refractivity contribution < 1.29 is 9.90 Å². The molecular formula is C12H24N2O2. The molecule has 0 heterocycles. The van der Waals surface area contributed by atoms with E-state index in [1.54, 1.807) is 13.8 Å². The average Bonchev–Trinajstić information content (AvgIpc) is 2.95. The number of carbonyl (C=O) groups is 1. The van der Waals surface area contributed by atoms with Crippen LogP contribution in [0.3, 0.4) is 0 Å². The Morgan fingerprint density at radius 2 is 2.12 bits per heavy atom. The van der Waals surface area contributed by atoms with Gasteiger partial charge in [0.25, 0.3) is 0 Å². The van der Waals surface area contributed by atoms with Crippen molar-refractivity contribution in [2.75, 3.05) is 26.2 Å². The van der Waals surface area contributed by atoms with Crippen LogP contribution in [0.4, 0.5) is 0 Å². The number of carbonyl (C=O) groups excluding carboxylic acids is 1. The molecule has 16 heavy (non-hydrogen) atoms. The molecule has 1 aliphatic carbocycles. The standard InChI is InChI=1S/C12H24N2O2/c1-4-14(9-12(2,3)16)8-11(15)13-7-10-5-6-10/h10,16H,4-9H2,1-3H3,(H,13,15). The van der Waals surface area contributed by atoms with Crippen LogP contribution in [0.1, 0.15) is 33.6 Å². The van der Waals surface area contributed by atoms with E-state index in [4.69, 9.17) is 0 Å². The third-order valence-electron chi connectivity index (χ3n) is 2.71. The van der Waals surface area contributed by atoms with Crippen LogP contribution in [0, 0.1) is 5.92 Å². The Kier molecular flexibility index (Phi) is 4.74. The first kappa shape index (κ1) is 13.5. The zero-order valence-corrected chi connectivity index (χ0v) is 10.6. The van der Waals surface area contributed by atoms with Crippen molar-refractivity contribution in [2.24, 2.45) is 5.92 Å². The minimum absolute atomic E-state index is 0.0676. The number of aliphatic hydroxyl groups is 1. The molecular weight excluding hydrogens is 204 g/mol. The summed E-state index contributed by atoms with van der Waals surface area (Å²) in [6.45, 7) is 8.03. The van der Waals surface area contributed by atoms with Gasteiger partial charge in [-0.25, -0.2) is 0 Å². The number of hydrogen-bond donors (Lipinski definition) is 2. The van der Waals surface area contributed by atoms with Gasteiger partial charge in [-0.2, -0.15) is 0 Å². The lowest BCUT2D eigenvalue weighted by atomic mass is 10.1. The normalized spacial score (nSPS) is 16.6. The fraction of sp³-hybridized carbons (Fsp3) is 0.917. The molecule has 0 spiro atoms. The van der Waals surface area contributed by atoms with Crippen LogP contribution in [0.5, 0.6) is 0 Å². The van der Waals surface area contributed by atoms with Gasteiger partial charge in [0.2, 0.25) is 5.91 Å². The van der Waals surface area contributed by atoms with Crippen LogP contribution < -0.4 is 5.32 Å². The van der Waals surface area contributed by atoms with Gasteiger partial charge in [-0.15, -0.1) is 0 Å². The van der Waals surface area contributed by atoms with Gasteiger partial charge in [0.1, 0.15) is 0 Å². The van der Waals surface area contributed by atoms with Crippen molar-refractivity contribution in [2.45, 2.75) is 39.2 Å². The quantitative estimate of drug-likeness (QED) is 0.671. The summed E-state index contributed by atoms with van der Waals surface area (Å²) in [7, 11) is 0. The van der Waals surface area contributed by atoms with Gasteiger partial charge in [-0.1, -0.05) is 6.92 Å². The van der Waals surface area contributed by atoms with Gasteiger partial charge in [-0.05, 0) is 39.2 Å². The van der Waals surface area contributed by atoms with Crippen LogP contribution >= 0.6 is 0 Å². The van der Waals surface area contributed by atoms with Crippen molar-refractivity contribution >= 4 is 5.91 Å². The smallest absolute Gasteiger partial charge is 0.234 e. The number of hydrogen-bond acceptors (Lipinski definition) is 3. The highest BCUT2D eigenvalue weighted by Crippen LogP contribution is 2.27. The fourth-order valence-electron chi connectivity index (χ4n) is 1.67. The number of nitrogens with zero attached hydrogens (tertiary/aromatic N) is 1. The molecule has 0 aromatic heterocycles. The maximum atomic E-state index is 11.6. The molecule has 1 rings (SSSR count). The van der Waals surface area contributed by atoms with Gasteiger partial charge in [-0.3, -0.25) is 9.69 Å². The Balaban J connectivity index is 2.22. The lowest BCUT2D eigenvalue weighted by molar-refractivity contribution is -0.122. The maximum Gasteiger partial charge on any atom is 0.234 e. The van der Waals surface area contributed by atoms with Crippen LogP contribution in [-0.2, 0) is 4.79 Å². The molecule has 1 saturated carbocycles. The van der Waals surface area contributed by atoms with E-state index in [1.807, 2.05) is 11.8 Å². The van der Waals surface area contributed by atoms with Crippen LogP contribution in [0.25, 0.3) is 0 Å². The van der Waals surface area contributed by atoms with Gasteiger partial charge in [0.15, 0.2) is 0 Å². The zero-order valence-electron chi connectivity index (χ0n) is 10.6. The Labute approximate surface area is 98.0 Å². The summed E-state index contributed by atoms with van der Waals surface area (Å²) >= 11 is 0. The second-order valence-electron chi connectivity index (χ2n) is 5.36. The number of amides is 1. The highest BCUT2D eigenvalue weighted by atomic mass is 16.3. The molecule has 4 heteroatoms. The zero-order chi connectivity index (χ0) is 12.2. The first-order chi connectivity index (χ1) is 7.40. The Morgan fingerprint density at radius 1 is 1.50 bits per heavy atom. The predicted molar refractivity (Wildman–Crippen MR) is 64.1 cm³/mol. The van der Waals surface area contributed by atoms with Gasteiger partial charge < -0.3 is 10.4 Å². The molecule has 0 unspecified atom stereocenters. The van der Waals surface area contributed by atoms with Gasteiger partial charge >= 0.3 is 0 Å². The van der Waals surface area contributed by atoms with Gasteiger partial charge in [0.05, 0.1) is 12.1 Å². The molecule has 94 valence electrons. The van der Waals surface area contributed by atoms with Gasteiger partial charge in [0, 0.05) is 13.1 Å². The highest BCUT2D eigenvalue weighted by Gasteiger charge is 2.23. The monoisotopic (exact) mass is 228 g/mol. The molecule has 0 aliphatic heterocycles. The summed E-state index contributed by atoms with van der Waals surface area (Å²) in [5, 5.41) is 12.6. The summed E-state index contributed by atoms with van der Waals surface area (Å²) in [5.41, 5.74) is -0.743. The van der Waals surface area contributed by atoms with Crippen molar-refractivity contribution in [3.05, 3.63) is 0 Å². The van der Waals surface area contributed by atoms with Crippen molar-refractivity contribution in [1.82, 2.24) is 10.2 Å². The summed E-state index contributed by atoms with van der Waals surface area (Å²) in [4.78, 5) is 13.6. The van der Waals surface area contributed by atoms with E-state index in [1.165, 1.54) is 12.8 Å². The Hall–Kier alpha value is -0.610. The van der Waals surface area contributed by atoms with E-state index in [-0.39, 0.29) is 5.91 Å². The first-order valence-corrected chi connectivity index (χ1v) is 6.12. The number of likely N-dealkylation sites (N-methyl/N-ethyl adjacent to an activating group) is 1. The Bertz CT molecular complexity index is 232. The largest absolute Gasteiger partial charge is 0.389 e. The van der Waals surface area contributed by atoms with Crippen LogP contribution in [0.2, 0.25) is 0 Å². The summed E-state index contributed by atoms with van der Waals surface area (Å²) in [6, 6.07) is 0. The molecule has 0 aromatic carbocycles. The predicted octanol–water partition coefficient (Wildman–Crippen LogP) is 0.605. The molecule has 0 aromatic rings. The molecule has 4 nitrogen and oxygen atoms in total.